The maximum absolute atomic E-state index is 13.1. The number of nitrogens with one attached hydrogen (secondary N) is 1. The molecule has 1 amide bonds. The molecular formula is C18H27FN2O2. The van der Waals surface area contributed by atoms with Gasteiger partial charge >= 0.3 is 0 Å². The highest BCUT2D eigenvalue weighted by Crippen LogP contribution is 2.22. The average molecular weight is 322 g/mol. The lowest BCUT2D eigenvalue weighted by molar-refractivity contribution is -0.124. The summed E-state index contributed by atoms with van der Waals surface area (Å²) in [6.07, 6.45) is 0.537. The fourth-order valence-electron chi connectivity index (χ4n) is 2.99. The average Bonchev–Trinajstić information content (AvgIpc) is 2.49. The molecule has 0 saturated carbocycles. The van der Waals surface area contributed by atoms with Crippen LogP contribution >= 0.6 is 0 Å². The molecule has 1 fully saturated rings. The lowest BCUT2D eigenvalue weighted by Crippen LogP contribution is -2.47. The number of likely N-dealkylation sites (tertiary alicyclic amines) is 1. The first-order valence-corrected chi connectivity index (χ1v) is 8.32. The molecule has 4 nitrogen and oxygen atoms in total. The first kappa shape index (κ1) is 17.9. The normalized spacial score (nSPS) is 23.7. The van der Waals surface area contributed by atoms with Crippen LogP contribution in [0.15, 0.2) is 24.3 Å². The van der Waals surface area contributed by atoms with E-state index in [1.807, 2.05) is 25.7 Å². The SMILES string of the molecule is CC(C)C(NC(=O)CN1CCC(C)C(O)C1)c1ccc(F)cc1. The summed E-state index contributed by atoms with van der Waals surface area (Å²) in [7, 11) is 0. The number of nitrogens with zero attached hydrogens (tertiary/aromatic N) is 1. The zero-order chi connectivity index (χ0) is 17.0. The summed E-state index contributed by atoms with van der Waals surface area (Å²) in [5.74, 6) is 0.155. The number of hydrogen-bond acceptors (Lipinski definition) is 3. The van der Waals surface area contributed by atoms with Gasteiger partial charge in [0.1, 0.15) is 5.82 Å². The predicted molar refractivity (Wildman–Crippen MR) is 88.3 cm³/mol. The van der Waals surface area contributed by atoms with Crippen LogP contribution in [0.3, 0.4) is 0 Å². The van der Waals surface area contributed by atoms with E-state index in [2.05, 4.69) is 5.32 Å². The van der Waals surface area contributed by atoms with Gasteiger partial charge in [0, 0.05) is 6.54 Å². The summed E-state index contributed by atoms with van der Waals surface area (Å²) in [5.41, 5.74) is 0.905. The number of aliphatic hydroxyl groups is 1. The van der Waals surface area contributed by atoms with Crippen LogP contribution < -0.4 is 5.32 Å². The van der Waals surface area contributed by atoms with Crippen LogP contribution in [0.2, 0.25) is 0 Å². The second kappa shape index (κ2) is 7.88. The van der Waals surface area contributed by atoms with Gasteiger partial charge in [0.25, 0.3) is 0 Å². The van der Waals surface area contributed by atoms with Crippen molar-refractivity contribution in [1.29, 1.82) is 0 Å². The molecule has 1 aromatic carbocycles. The molecule has 3 unspecified atom stereocenters. The van der Waals surface area contributed by atoms with Crippen LogP contribution in [-0.2, 0) is 4.79 Å². The Morgan fingerprint density at radius 3 is 2.61 bits per heavy atom. The minimum absolute atomic E-state index is 0.0604. The van der Waals surface area contributed by atoms with Crippen LogP contribution in [0.1, 0.15) is 38.8 Å². The van der Waals surface area contributed by atoms with Gasteiger partial charge in [-0.05, 0) is 42.5 Å². The van der Waals surface area contributed by atoms with Gasteiger partial charge in [0.15, 0.2) is 0 Å². The maximum atomic E-state index is 13.1. The van der Waals surface area contributed by atoms with E-state index in [9.17, 15) is 14.3 Å². The van der Waals surface area contributed by atoms with Gasteiger partial charge in [-0.3, -0.25) is 9.69 Å². The molecule has 2 N–H and O–H groups in total. The number of carbonyl (C=O) groups excluding carboxylic acids is 1. The van der Waals surface area contributed by atoms with Gasteiger partial charge in [-0.1, -0.05) is 32.9 Å². The molecule has 0 spiro atoms. The number of halogens is 1. The Labute approximate surface area is 137 Å². The van der Waals surface area contributed by atoms with Crippen LogP contribution in [0.25, 0.3) is 0 Å². The van der Waals surface area contributed by atoms with Crippen molar-refractivity contribution >= 4 is 5.91 Å². The molecule has 0 bridgehead atoms. The summed E-state index contributed by atoms with van der Waals surface area (Å²) in [6.45, 7) is 7.74. The van der Waals surface area contributed by atoms with Gasteiger partial charge in [-0.15, -0.1) is 0 Å². The highest BCUT2D eigenvalue weighted by atomic mass is 19.1. The number of β-amino-alcohol motifs (C(OH)–C–C–N with tert-alkyl or cyclic N) is 1. The zero-order valence-electron chi connectivity index (χ0n) is 14.1. The third-order valence-electron chi connectivity index (χ3n) is 4.58. The molecule has 3 atom stereocenters. The lowest BCUT2D eigenvalue weighted by atomic mass is 9.95. The Balaban J connectivity index is 1.94. The number of amides is 1. The van der Waals surface area contributed by atoms with Gasteiger partial charge in [-0.2, -0.15) is 0 Å². The Morgan fingerprint density at radius 1 is 1.39 bits per heavy atom. The van der Waals surface area contributed by atoms with Crippen molar-refractivity contribution in [3.63, 3.8) is 0 Å². The van der Waals surface area contributed by atoms with Gasteiger partial charge in [0.2, 0.25) is 5.91 Å². The molecule has 23 heavy (non-hydrogen) atoms. The number of piperidine rings is 1. The third-order valence-corrected chi connectivity index (χ3v) is 4.58. The van der Waals surface area contributed by atoms with Crippen molar-refractivity contribution in [3.8, 4) is 0 Å². The minimum Gasteiger partial charge on any atom is -0.392 e. The summed E-state index contributed by atoms with van der Waals surface area (Å²) < 4.78 is 13.1. The molecule has 1 saturated heterocycles. The molecule has 0 aliphatic carbocycles. The fraction of sp³-hybridized carbons (Fsp3) is 0.611. The Kier molecular flexibility index (Phi) is 6.13. The second-order valence-electron chi connectivity index (χ2n) is 6.91. The Hall–Kier alpha value is -1.46. The molecule has 0 radical (unpaired) electrons. The molecule has 0 aromatic heterocycles. The lowest BCUT2D eigenvalue weighted by Gasteiger charge is -2.34. The standard InChI is InChI=1S/C18H27FN2O2/c1-12(2)18(14-4-6-15(19)7-5-14)20-17(23)11-21-9-8-13(3)16(22)10-21/h4-7,12-13,16,18,22H,8-11H2,1-3H3,(H,20,23). The van der Waals surface area contributed by atoms with Crippen LogP contribution in [-0.4, -0.2) is 41.7 Å². The van der Waals surface area contributed by atoms with Crippen LogP contribution in [0.4, 0.5) is 4.39 Å². The first-order chi connectivity index (χ1) is 10.9. The van der Waals surface area contributed by atoms with E-state index < -0.39 is 0 Å². The van der Waals surface area contributed by atoms with E-state index in [4.69, 9.17) is 0 Å². The van der Waals surface area contributed by atoms with Crippen molar-refractivity contribution in [2.24, 2.45) is 11.8 Å². The highest BCUT2D eigenvalue weighted by Gasteiger charge is 2.26. The molecule has 1 aliphatic heterocycles. The van der Waals surface area contributed by atoms with Crippen molar-refractivity contribution in [3.05, 3.63) is 35.6 Å². The first-order valence-electron chi connectivity index (χ1n) is 8.32. The smallest absolute Gasteiger partial charge is 0.234 e. The Bertz CT molecular complexity index is 518. The Morgan fingerprint density at radius 2 is 2.04 bits per heavy atom. The molecule has 5 heteroatoms. The molecule has 2 rings (SSSR count). The predicted octanol–water partition coefficient (Wildman–Crippen LogP) is 2.34. The molecule has 128 valence electrons. The number of benzene rings is 1. The molecule has 1 aliphatic rings. The number of carbonyl (C=O) groups is 1. The van der Waals surface area contributed by atoms with Crippen molar-refractivity contribution in [2.75, 3.05) is 19.6 Å². The monoisotopic (exact) mass is 322 g/mol. The van der Waals surface area contributed by atoms with E-state index in [-0.39, 0.29) is 42.3 Å². The van der Waals surface area contributed by atoms with Gasteiger partial charge < -0.3 is 10.4 Å². The summed E-state index contributed by atoms with van der Waals surface area (Å²) in [6, 6.07) is 6.12. The number of hydrogen-bond donors (Lipinski definition) is 2. The van der Waals surface area contributed by atoms with Gasteiger partial charge in [-0.25, -0.2) is 4.39 Å². The van der Waals surface area contributed by atoms with E-state index in [0.29, 0.717) is 6.54 Å². The number of aliphatic hydroxyl groups excluding tert-OH is 1. The highest BCUT2D eigenvalue weighted by molar-refractivity contribution is 5.78. The molecular weight excluding hydrogens is 295 g/mol. The number of rotatable bonds is 5. The van der Waals surface area contributed by atoms with E-state index in [1.165, 1.54) is 12.1 Å². The van der Waals surface area contributed by atoms with Crippen molar-refractivity contribution < 1.29 is 14.3 Å². The summed E-state index contributed by atoms with van der Waals surface area (Å²) in [4.78, 5) is 14.3. The maximum Gasteiger partial charge on any atom is 0.234 e. The zero-order valence-corrected chi connectivity index (χ0v) is 14.1. The van der Waals surface area contributed by atoms with Crippen LogP contribution in [0.5, 0.6) is 0 Å². The van der Waals surface area contributed by atoms with Crippen molar-refractivity contribution in [2.45, 2.75) is 39.3 Å². The van der Waals surface area contributed by atoms with E-state index in [0.717, 1.165) is 18.5 Å². The fourth-order valence-corrected chi connectivity index (χ4v) is 2.99. The van der Waals surface area contributed by atoms with Gasteiger partial charge in [0.05, 0.1) is 18.7 Å². The second-order valence-corrected chi connectivity index (χ2v) is 6.91. The van der Waals surface area contributed by atoms with E-state index >= 15 is 0 Å². The quantitative estimate of drug-likeness (QED) is 0.875. The largest absolute Gasteiger partial charge is 0.392 e. The molecule has 1 aromatic rings. The van der Waals surface area contributed by atoms with Crippen LogP contribution in [0, 0.1) is 17.7 Å². The summed E-state index contributed by atoms with van der Waals surface area (Å²) >= 11 is 0. The topological polar surface area (TPSA) is 52.6 Å². The minimum atomic E-state index is -0.366. The third kappa shape index (κ3) is 5.01. The van der Waals surface area contributed by atoms with Crippen molar-refractivity contribution in [1.82, 2.24) is 10.2 Å². The summed E-state index contributed by atoms with van der Waals surface area (Å²) in [5, 5.41) is 13.0. The van der Waals surface area contributed by atoms with E-state index in [1.54, 1.807) is 12.1 Å². The molecule has 1 heterocycles.